The van der Waals surface area contributed by atoms with Gasteiger partial charge in [0.1, 0.15) is 6.17 Å². The molecule has 0 spiro atoms. The molecule has 0 saturated carbocycles. The molecule has 5 nitrogen and oxygen atoms in total. The van der Waals surface area contributed by atoms with Crippen molar-refractivity contribution in [2.45, 2.75) is 174 Å². The molecule has 1 aliphatic rings. The predicted molar refractivity (Wildman–Crippen MR) is 159 cm³/mol. The van der Waals surface area contributed by atoms with Crippen molar-refractivity contribution in [3.8, 4) is 0 Å². The van der Waals surface area contributed by atoms with Crippen molar-refractivity contribution < 1.29 is 9.59 Å². The summed E-state index contributed by atoms with van der Waals surface area (Å²) in [7, 11) is 1.96. The highest BCUT2D eigenvalue weighted by atomic mass is 16.2. The maximum atomic E-state index is 12.4. The van der Waals surface area contributed by atoms with Crippen LogP contribution >= 0.6 is 0 Å². The lowest BCUT2D eigenvalue weighted by Gasteiger charge is -2.42. The van der Waals surface area contributed by atoms with Crippen LogP contribution < -0.4 is 5.32 Å². The number of hydrogen-bond donors (Lipinski definition) is 1. The minimum atomic E-state index is 0.0831. The second-order valence-electron chi connectivity index (χ2n) is 11.6. The van der Waals surface area contributed by atoms with E-state index in [2.05, 4.69) is 19.2 Å². The van der Waals surface area contributed by atoms with Crippen molar-refractivity contribution in [3.05, 3.63) is 0 Å². The Balaban J connectivity index is 1.87. The fourth-order valence-electron chi connectivity index (χ4n) is 5.40. The molecule has 1 N–H and O–H groups in total. The molecule has 1 fully saturated rings. The number of amides is 3. The smallest absolute Gasteiger partial charge is 0.320 e. The van der Waals surface area contributed by atoms with Crippen LogP contribution in [-0.4, -0.2) is 48.0 Å². The summed E-state index contributed by atoms with van der Waals surface area (Å²) in [6, 6.07) is 0.0831. The summed E-state index contributed by atoms with van der Waals surface area (Å²) in [5.41, 5.74) is 0. The van der Waals surface area contributed by atoms with Crippen molar-refractivity contribution in [2.75, 3.05) is 20.1 Å². The van der Waals surface area contributed by atoms with Gasteiger partial charge in [0.2, 0.25) is 5.91 Å². The van der Waals surface area contributed by atoms with Gasteiger partial charge in [0, 0.05) is 26.6 Å². The minimum Gasteiger partial charge on any atom is -0.346 e. The zero-order valence-electron chi connectivity index (χ0n) is 25.2. The van der Waals surface area contributed by atoms with E-state index >= 15 is 0 Å². The molecular formula is C32H63N3O2. The molecule has 0 aromatic carbocycles. The number of hydrogen-bond acceptors (Lipinski definition) is 2. The molecule has 0 aromatic heterocycles. The van der Waals surface area contributed by atoms with Gasteiger partial charge in [-0.05, 0) is 32.1 Å². The van der Waals surface area contributed by atoms with E-state index in [0.717, 1.165) is 45.2 Å². The summed E-state index contributed by atoms with van der Waals surface area (Å²) >= 11 is 0. The van der Waals surface area contributed by atoms with E-state index in [1.807, 2.05) is 16.8 Å². The highest BCUT2D eigenvalue weighted by Gasteiger charge is 2.33. The number of carbonyl (C=O) groups is 2. The van der Waals surface area contributed by atoms with Crippen LogP contribution in [0.15, 0.2) is 0 Å². The first-order valence-electron chi connectivity index (χ1n) is 16.4. The first kappa shape index (κ1) is 33.8. The standard InChI is InChI=1S/C32H63N3O2/c1-4-6-8-10-11-12-13-14-15-16-17-18-19-20-24-28-34(3)31(36)27-23-21-25-29-35-30(33-32(35)37)26-22-9-7-5-2/h30H,4-29H2,1-3H3,(H,33,37). The molecule has 1 saturated heterocycles. The first-order valence-corrected chi connectivity index (χ1v) is 16.4. The van der Waals surface area contributed by atoms with E-state index in [4.69, 9.17) is 0 Å². The SMILES string of the molecule is CCCCCCCCCCCCCCCCCN(C)C(=O)CCCCCN1C(=O)NC1CCCCCC. The summed E-state index contributed by atoms with van der Waals surface area (Å²) in [6.45, 7) is 6.23. The topological polar surface area (TPSA) is 52.7 Å². The molecule has 1 aliphatic heterocycles. The fraction of sp³-hybridized carbons (Fsp3) is 0.938. The number of rotatable bonds is 27. The third kappa shape index (κ3) is 17.8. The molecular weight excluding hydrogens is 458 g/mol. The lowest BCUT2D eigenvalue weighted by molar-refractivity contribution is -0.130. The van der Waals surface area contributed by atoms with Gasteiger partial charge in [-0.3, -0.25) is 4.79 Å². The van der Waals surface area contributed by atoms with E-state index in [9.17, 15) is 9.59 Å². The van der Waals surface area contributed by atoms with Gasteiger partial charge in [-0.25, -0.2) is 4.79 Å². The van der Waals surface area contributed by atoms with Gasteiger partial charge in [0.25, 0.3) is 0 Å². The Morgan fingerprint density at radius 1 is 0.676 bits per heavy atom. The van der Waals surface area contributed by atoms with Crippen LogP contribution in [-0.2, 0) is 4.79 Å². The summed E-state index contributed by atoms with van der Waals surface area (Å²) in [4.78, 5) is 28.2. The van der Waals surface area contributed by atoms with E-state index in [1.54, 1.807) is 0 Å². The molecule has 0 radical (unpaired) electrons. The van der Waals surface area contributed by atoms with E-state index in [-0.39, 0.29) is 18.1 Å². The molecule has 1 unspecified atom stereocenters. The van der Waals surface area contributed by atoms with Crippen molar-refractivity contribution >= 4 is 11.9 Å². The maximum absolute atomic E-state index is 12.4. The predicted octanol–water partition coefficient (Wildman–Crippen LogP) is 9.20. The molecule has 3 amide bonds. The Labute approximate surface area is 230 Å². The van der Waals surface area contributed by atoms with Crippen LogP contribution in [0, 0.1) is 0 Å². The molecule has 1 atom stereocenters. The zero-order valence-corrected chi connectivity index (χ0v) is 25.2. The highest BCUT2D eigenvalue weighted by Crippen LogP contribution is 2.18. The normalized spacial score (nSPS) is 15.1. The van der Waals surface area contributed by atoms with E-state index in [1.165, 1.54) is 116 Å². The number of nitrogens with one attached hydrogen (secondary N) is 1. The Kier molecular flexibility index (Phi) is 21.7. The average Bonchev–Trinajstić information content (AvgIpc) is 2.89. The number of carbonyl (C=O) groups excluding carboxylic acids is 2. The summed E-state index contributed by atoms with van der Waals surface area (Å²) in [5.74, 6) is 0.279. The van der Waals surface area contributed by atoms with Crippen LogP contribution in [0.1, 0.15) is 168 Å². The van der Waals surface area contributed by atoms with Gasteiger partial charge in [-0.2, -0.15) is 0 Å². The van der Waals surface area contributed by atoms with Gasteiger partial charge in [0.15, 0.2) is 0 Å². The van der Waals surface area contributed by atoms with Gasteiger partial charge >= 0.3 is 6.03 Å². The minimum absolute atomic E-state index is 0.0831. The zero-order chi connectivity index (χ0) is 27.0. The van der Waals surface area contributed by atoms with Crippen LogP contribution in [0.5, 0.6) is 0 Å². The van der Waals surface area contributed by atoms with Crippen molar-refractivity contribution in [1.29, 1.82) is 0 Å². The Hall–Kier alpha value is -1.26. The Morgan fingerprint density at radius 3 is 1.65 bits per heavy atom. The molecule has 218 valence electrons. The number of unbranched alkanes of at least 4 members (excludes halogenated alkanes) is 19. The summed E-state index contributed by atoms with van der Waals surface area (Å²) in [6.07, 6.45) is 30.4. The van der Waals surface area contributed by atoms with Crippen LogP contribution in [0.3, 0.4) is 0 Å². The third-order valence-corrected chi connectivity index (χ3v) is 8.07. The summed E-state index contributed by atoms with van der Waals surface area (Å²) in [5, 5.41) is 3.02. The molecule has 5 heteroatoms. The van der Waals surface area contributed by atoms with Crippen LogP contribution in [0.4, 0.5) is 4.79 Å². The highest BCUT2D eigenvalue weighted by molar-refractivity contribution is 5.80. The lowest BCUT2D eigenvalue weighted by atomic mass is 10.0. The van der Waals surface area contributed by atoms with Crippen molar-refractivity contribution in [1.82, 2.24) is 15.1 Å². The quantitative estimate of drug-likeness (QED) is 0.110. The molecule has 0 aromatic rings. The monoisotopic (exact) mass is 521 g/mol. The third-order valence-electron chi connectivity index (χ3n) is 8.07. The van der Waals surface area contributed by atoms with Crippen LogP contribution in [0.2, 0.25) is 0 Å². The van der Waals surface area contributed by atoms with Crippen molar-refractivity contribution in [2.24, 2.45) is 0 Å². The Bertz CT molecular complexity index is 554. The molecule has 1 rings (SSSR count). The number of nitrogens with zero attached hydrogens (tertiary/aromatic N) is 2. The van der Waals surface area contributed by atoms with Gasteiger partial charge in [-0.15, -0.1) is 0 Å². The second-order valence-corrected chi connectivity index (χ2v) is 11.6. The molecule has 0 bridgehead atoms. The maximum Gasteiger partial charge on any atom is 0.320 e. The Morgan fingerprint density at radius 2 is 1.14 bits per heavy atom. The number of urea groups is 1. The van der Waals surface area contributed by atoms with Gasteiger partial charge in [0.05, 0.1) is 0 Å². The van der Waals surface area contributed by atoms with E-state index < -0.39 is 0 Å². The fourth-order valence-corrected chi connectivity index (χ4v) is 5.40. The largest absolute Gasteiger partial charge is 0.346 e. The second kappa shape index (κ2) is 23.8. The molecule has 1 heterocycles. The molecule has 0 aliphatic carbocycles. The first-order chi connectivity index (χ1) is 18.1. The van der Waals surface area contributed by atoms with Gasteiger partial charge < -0.3 is 15.1 Å². The van der Waals surface area contributed by atoms with E-state index in [0.29, 0.717) is 6.42 Å². The lowest BCUT2D eigenvalue weighted by Crippen LogP contribution is -2.65. The van der Waals surface area contributed by atoms with Crippen molar-refractivity contribution in [3.63, 3.8) is 0 Å². The van der Waals surface area contributed by atoms with Gasteiger partial charge in [-0.1, -0.05) is 129 Å². The molecule has 37 heavy (non-hydrogen) atoms. The van der Waals surface area contributed by atoms with Crippen LogP contribution in [0.25, 0.3) is 0 Å². The summed E-state index contributed by atoms with van der Waals surface area (Å²) < 4.78 is 0. The average molecular weight is 522 g/mol.